The highest BCUT2D eigenvalue weighted by Crippen LogP contribution is 2.24. The Balaban J connectivity index is 2.02. The molecule has 0 spiro atoms. The zero-order valence-corrected chi connectivity index (χ0v) is 18.4. The molecule has 0 aliphatic carbocycles. The van der Waals surface area contributed by atoms with Gasteiger partial charge in [-0.15, -0.1) is 0 Å². The summed E-state index contributed by atoms with van der Waals surface area (Å²) in [7, 11) is -2.22. The van der Waals surface area contributed by atoms with Gasteiger partial charge in [-0.05, 0) is 50.6 Å². The Morgan fingerprint density at radius 1 is 1.21 bits per heavy atom. The Hall–Kier alpha value is -1.97. The van der Waals surface area contributed by atoms with E-state index in [1.54, 1.807) is 32.9 Å². The van der Waals surface area contributed by atoms with E-state index in [9.17, 15) is 18.0 Å². The van der Waals surface area contributed by atoms with E-state index >= 15 is 0 Å². The van der Waals surface area contributed by atoms with Gasteiger partial charge in [0.1, 0.15) is 0 Å². The SMILES string of the molecule is CCN(CC)S(=O)(=O)c1cc(NC(=O)CN2CCC(C(=O)OC)CC2)ccc1C. The number of nitrogens with one attached hydrogen (secondary N) is 1. The largest absolute Gasteiger partial charge is 0.469 e. The minimum atomic E-state index is -3.61. The second-order valence-corrected chi connectivity index (χ2v) is 9.10. The highest BCUT2D eigenvalue weighted by molar-refractivity contribution is 7.89. The van der Waals surface area contributed by atoms with Crippen LogP contribution in [0.15, 0.2) is 23.1 Å². The fourth-order valence-corrected chi connectivity index (χ4v) is 5.26. The average Bonchev–Trinajstić information content (AvgIpc) is 2.70. The van der Waals surface area contributed by atoms with E-state index in [-0.39, 0.29) is 29.2 Å². The van der Waals surface area contributed by atoms with Crippen molar-refractivity contribution >= 4 is 27.6 Å². The summed E-state index contributed by atoms with van der Waals surface area (Å²) in [4.78, 5) is 26.2. The van der Waals surface area contributed by atoms with Gasteiger partial charge in [-0.2, -0.15) is 4.31 Å². The molecule has 1 N–H and O–H groups in total. The highest BCUT2D eigenvalue weighted by Gasteiger charge is 2.27. The summed E-state index contributed by atoms with van der Waals surface area (Å²) in [5, 5.41) is 2.79. The van der Waals surface area contributed by atoms with Crippen molar-refractivity contribution in [1.29, 1.82) is 0 Å². The monoisotopic (exact) mass is 425 g/mol. The molecule has 1 heterocycles. The molecule has 2 rings (SSSR count). The fraction of sp³-hybridized carbons (Fsp3) is 0.600. The van der Waals surface area contributed by atoms with Crippen LogP contribution in [0.25, 0.3) is 0 Å². The number of ether oxygens (including phenoxy) is 1. The van der Waals surface area contributed by atoms with Crippen LogP contribution in [0.5, 0.6) is 0 Å². The molecule has 0 radical (unpaired) electrons. The van der Waals surface area contributed by atoms with Crippen molar-refractivity contribution in [2.45, 2.75) is 38.5 Å². The molecule has 1 amide bonds. The van der Waals surface area contributed by atoms with Crippen molar-refractivity contribution in [2.24, 2.45) is 5.92 Å². The Bertz CT molecular complexity index is 829. The number of nitrogens with zero attached hydrogens (tertiary/aromatic N) is 2. The number of amides is 1. The number of methoxy groups -OCH3 is 1. The lowest BCUT2D eigenvalue weighted by atomic mass is 9.97. The molecule has 1 aromatic carbocycles. The van der Waals surface area contributed by atoms with Gasteiger partial charge in [-0.1, -0.05) is 19.9 Å². The summed E-state index contributed by atoms with van der Waals surface area (Å²) >= 11 is 0. The minimum Gasteiger partial charge on any atom is -0.469 e. The van der Waals surface area contributed by atoms with Crippen LogP contribution in [0.4, 0.5) is 5.69 Å². The second-order valence-electron chi connectivity index (χ2n) is 7.19. The second kappa shape index (κ2) is 10.2. The normalized spacial score (nSPS) is 16.0. The zero-order valence-electron chi connectivity index (χ0n) is 17.6. The third-order valence-electron chi connectivity index (χ3n) is 5.28. The van der Waals surface area contributed by atoms with Crippen molar-refractivity contribution < 1.29 is 22.7 Å². The first-order chi connectivity index (χ1) is 13.7. The minimum absolute atomic E-state index is 0.107. The van der Waals surface area contributed by atoms with Gasteiger partial charge in [0, 0.05) is 18.8 Å². The first-order valence-electron chi connectivity index (χ1n) is 9.93. The molecule has 0 unspecified atom stereocenters. The third-order valence-corrected chi connectivity index (χ3v) is 7.48. The molecule has 29 heavy (non-hydrogen) atoms. The Morgan fingerprint density at radius 3 is 2.38 bits per heavy atom. The maximum atomic E-state index is 12.8. The summed E-state index contributed by atoms with van der Waals surface area (Å²) in [6, 6.07) is 4.93. The van der Waals surface area contributed by atoms with E-state index in [4.69, 9.17) is 4.74 Å². The molecule has 0 aromatic heterocycles. The highest BCUT2D eigenvalue weighted by atomic mass is 32.2. The van der Waals surface area contributed by atoms with Gasteiger partial charge in [0.15, 0.2) is 0 Å². The van der Waals surface area contributed by atoms with Gasteiger partial charge in [-0.25, -0.2) is 8.42 Å². The van der Waals surface area contributed by atoms with Gasteiger partial charge in [0.05, 0.1) is 24.5 Å². The van der Waals surface area contributed by atoms with Crippen LogP contribution >= 0.6 is 0 Å². The Kier molecular flexibility index (Phi) is 8.18. The van der Waals surface area contributed by atoms with Crippen LogP contribution < -0.4 is 5.32 Å². The standard InChI is InChI=1S/C20H31N3O5S/c1-5-23(6-2)29(26,27)18-13-17(8-7-15(18)3)21-19(24)14-22-11-9-16(10-12-22)20(25)28-4/h7-8,13,16H,5-6,9-12,14H2,1-4H3,(H,21,24). The van der Waals surface area contributed by atoms with Gasteiger partial charge >= 0.3 is 5.97 Å². The van der Waals surface area contributed by atoms with Crippen molar-refractivity contribution in [3.8, 4) is 0 Å². The van der Waals surface area contributed by atoms with Crippen molar-refractivity contribution in [2.75, 3.05) is 45.2 Å². The van der Waals surface area contributed by atoms with Gasteiger partial charge in [0.2, 0.25) is 15.9 Å². The molecule has 1 aliphatic rings. The van der Waals surface area contributed by atoms with Crippen LogP contribution in [-0.2, 0) is 24.3 Å². The number of likely N-dealkylation sites (tertiary alicyclic amines) is 1. The molecule has 1 aliphatic heterocycles. The number of rotatable bonds is 8. The van der Waals surface area contributed by atoms with Crippen molar-refractivity contribution in [3.63, 3.8) is 0 Å². The topological polar surface area (TPSA) is 96.0 Å². The smallest absolute Gasteiger partial charge is 0.308 e. The summed E-state index contributed by atoms with van der Waals surface area (Å²) in [5.41, 5.74) is 1.09. The number of benzene rings is 1. The molecule has 162 valence electrons. The third kappa shape index (κ3) is 5.77. The first kappa shape index (κ1) is 23.3. The number of hydrogen-bond acceptors (Lipinski definition) is 6. The van der Waals surface area contributed by atoms with Crippen molar-refractivity contribution in [3.05, 3.63) is 23.8 Å². The molecule has 8 nitrogen and oxygen atoms in total. The number of anilines is 1. The molecule has 9 heteroatoms. The predicted octanol–water partition coefficient (Wildman–Crippen LogP) is 1.85. The van der Waals surface area contributed by atoms with Crippen LogP contribution in [0.1, 0.15) is 32.3 Å². The van der Waals surface area contributed by atoms with Gasteiger partial charge in [-0.3, -0.25) is 14.5 Å². The fourth-order valence-electron chi connectivity index (χ4n) is 3.56. The van der Waals surface area contributed by atoms with Crippen LogP contribution in [0.2, 0.25) is 0 Å². The summed E-state index contributed by atoms with van der Waals surface area (Å²) < 4.78 is 31.9. The number of hydrogen-bond donors (Lipinski definition) is 1. The molecular weight excluding hydrogens is 394 g/mol. The zero-order chi connectivity index (χ0) is 21.6. The summed E-state index contributed by atoms with van der Waals surface area (Å²) in [5.74, 6) is -0.517. The van der Waals surface area contributed by atoms with E-state index in [0.29, 0.717) is 50.3 Å². The molecular formula is C20H31N3O5S. The average molecular weight is 426 g/mol. The quantitative estimate of drug-likeness (QED) is 0.639. The van der Waals surface area contributed by atoms with Gasteiger partial charge < -0.3 is 10.1 Å². The number of carbonyl (C=O) groups is 2. The van der Waals surface area contributed by atoms with E-state index < -0.39 is 10.0 Å². The van der Waals surface area contributed by atoms with Gasteiger partial charge in [0.25, 0.3) is 0 Å². The molecule has 1 fully saturated rings. The van der Waals surface area contributed by atoms with E-state index in [2.05, 4.69) is 5.32 Å². The first-order valence-corrected chi connectivity index (χ1v) is 11.4. The molecule has 0 bridgehead atoms. The lowest BCUT2D eigenvalue weighted by Gasteiger charge is -2.30. The number of esters is 1. The maximum Gasteiger partial charge on any atom is 0.308 e. The van der Waals surface area contributed by atoms with Crippen LogP contribution in [0, 0.1) is 12.8 Å². The number of aryl methyl sites for hydroxylation is 1. The van der Waals surface area contributed by atoms with E-state index in [1.807, 2.05) is 4.90 Å². The lowest BCUT2D eigenvalue weighted by Crippen LogP contribution is -2.41. The van der Waals surface area contributed by atoms with Crippen LogP contribution in [0.3, 0.4) is 0 Å². The Morgan fingerprint density at radius 2 is 1.83 bits per heavy atom. The number of piperidine rings is 1. The number of carbonyl (C=O) groups excluding carboxylic acids is 2. The van der Waals surface area contributed by atoms with E-state index in [1.165, 1.54) is 17.5 Å². The predicted molar refractivity (Wildman–Crippen MR) is 111 cm³/mol. The summed E-state index contributed by atoms with van der Waals surface area (Å²) in [6.07, 6.45) is 1.33. The number of sulfonamides is 1. The summed E-state index contributed by atoms with van der Waals surface area (Å²) in [6.45, 7) is 7.59. The molecule has 1 aromatic rings. The molecule has 0 atom stereocenters. The van der Waals surface area contributed by atoms with Crippen LogP contribution in [-0.4, -0.2) is 69.3 Å². The maximum absolute atomic E-state index is 12.8. The lowest BCUT2D eigenvalue weighted by molar-refractivity contribution is -0.147. The Labute approximate surface area is 173 Å². The molecule has 0 saturated carbocycles. The molecule has 1 saturated heterocycles. The van der Waals surface area contributed by atoms with E-state index in [0.717, 1.165) is 0 Å². The van der Waals surface area contributed by atoms with Crippen molar-refractivity contribution in [1.82, 2.24) is 9.21 Å².